The molecule has 1 aromatic rings. The predicted octanol–water partition coefficient (Wildman–Crippen LogP) is 2.07. The zero-order valence-electron chi connectivity index (χ0n) is 10.8. The highest BCUT2D eigenvalue weighted by atomic mass is 19.1. The van der Waals surface area contributed by atoms with Crippen LogP contribution in [-0.4, -0.2) is 18.5 Å². The topological polar surface area (TPSA) is 55.1 Å². The first-order chi connectivity index (χ1) is 8.25. The summed E-state index contributed by atoms with van der Waals surface area (Å²) in [6.07, 6.45) is 0. The van der Waals surface area contributed by atoms with Gasteiger partial charge in [-0.05, 0) is 17.5 Å². The van der Waals surface area contributed by atoms with Gasteiger partial charge >= 0.3 is 0 Å². The van der Waals surface area contributed by atoms with Crippen molar-refractivity contribution in [2.75, 3.05) is 6.54 Å². The van der Waals surface area contributed by atoms with E-state index in [1.54, 1.807) is 0 Å². The summed E-state index contributed by atoms with van der Waals surface area (Å²) in [6, 6.07) is 2.57. The number of benzene rings is 1. The van der Waals surface area contributed by atoms with Gasteiger partial charge in [-0.1, -0.05) is 20.8 Å². The second-order valence-electron chi connectivity index (χ2n) is 5.25. The molecule has 1 rings (SSSR count). The van der Waals surface area contributed by atoms with Crippen LogP contribution in [0.5, 0.6) is 0 Å². The van der Waals surface area contributed by atoms with Gasteiger partial charge in [-0.3, -0.25) is 4.79 Å². The number of nitrogens with two attached hydrogens (primary N) is 1. The summed E-state index contributed by atoms with van der Waals surface area (Å²) in [5.74, 6) is -2.18. The van der Waals surface area contributed by atoms with Gasteiger partial charge < -0.3 is 11.1 Å². The van der Waals surface area contributed by atoms with Crippen LogP contribution >= 0.6 is 0 Å². The van der Waals surface area contributed by atoms with E-state index in [2.05, 4.69) is 5.32 Å². The van der Waals surface area contributed by atoms with E-state index < -0.39 is 17.5 Å². The van der Waals surface area contributed by atoms with Crippen LogP contribution in [0.2, 0.25) is 0 Å². The second kappa shape index (κ2) is 5.44. The summed E-state index contributed by atoms with van der Waals surface area (Å²) < 4.78 is 26.2. The Morgan fingerprint density at radius 3 is 2.44 bits per heavy atom. The Balaban J connectivity index is 2.88. The van der Waals surface area contributed by atoms with Crippen molar-refractivity contribution < 1.29 is 13.6 Å². The Bertz CT molecular complexity index is 441. The minimum absolute atomic E-state index is 0.181. The van der Waals surface area contributed by atoms with E-state index in [4.69, 9.17) is 5.73 Å². The van der Waals surface area contributed by atoms with Gasteiger partial charge in [-0.25, -0.2) is 8.78 Å². The molecular weight excluding hydrogens is 238 g/mol. The molecule has 0 saturated heterocycles. The van der Waals surface area contributed by atoms with E-state index in [0.717, 1.165) is 12.1 Å². The number of hydrogen-bond acceptors (Lipinski definition) is 2. The molecule has 0 saturated carbocycles. The van der Waals surface area contributed by atoms with Gasteiger partial charge in [0.25, 0.3) is 5.91 Å². The zero-order valence-corrected chi connectivity index (χ0v) is 10.8. The normalized spacial score (nSPS) is 13.2. The molecule has 0 bridgehead atoms. The summed E-state index contributed by atoms with van der Waals surface area (Å²) in [6.45, 7) is 6.02. The third-order valence-electron chi connectivity index (χ3n) is 2.76. The van der Waals surface area contributed by atoms with Crippen molar-refractivity contribution >= 4 is 5.91 Å². The third kappa shape index (κ3) is 3.50. The maximum absolute atomic E-state index is 13.4. The molecule has 0 heterocycles. The van der Waals surface area contributed by atoms with Gasteiger partial charge in [0, 0.05) is 18.7 Å². The summed E-state index contributed by atoms with van der Waals surface area (Å²) >= 11 is 0. The van der Waals surface area contributed by atoms with E-state index >= 15 is 0 Å². The average Bonchev–Trinajstić information content (AvgIpc) is 2.23. The van der Waals surface area contributed by atoms with E-state index in [-0.39, 0.29) is 23.6 Å². The number of carbonyl (C=O) groups excluding carboxylic acids is 1. The number of rotatable bonds is 3. The van der Waals surface area contributed by atoms with E-state index in [1.807, 2.05) is 20.8 Å². The van der Waals surface area contributed by atoms with Crippen LogP contribution in [0, 0.1) is 17.0 Å². The monoisotopic (exact) mass is 256 g/mol. The van der Waals surface area contributed by atoms with Crippen molar-refractivity contribution in [3.63, 3.8) is 0 Å². The fraction of sp³-hybridized carbons (Fsp3) is 0.462. The first kappa shape index (κ1) is 14.6. The smallest absolute Gasteiger partial charge is 0.254 e. The van der Waals surface area contributed by atoms with Crippen molar-refractivity contribution in [2.24, 2.45) is 11.1 Å². The molecule has 1 unspecified atom stereocenters. The Morgan fingerprint density at radius 2 is 2.00 bits per heavy atom. The van der Waals surface area contributed by atoms with Crippen molar-refractivity contribution in [3.8, 4) is 0 Å². The van der Waals surface area contributed by atoms with Crippen molar-refractivity contribution in [1.29, 1.82) is 0 Å². The van der Waals surface area contributed by atoms with E-state index in [9.17, 15) is 13.6 Å². The molecule has 0 aliphatic rings. The molecular formula is C13H18F2N2O. The molecule has 1 atom stereocenters. The van der Waals surface area contributed by atoms with Crippen LogP contribution in [0.25, 0.3) is 0 Å². The van der Waals surface area contributed by atoms with Crippen molar-refractivity contribution in [2.45, 2.75) is 26.8 Å². The third-order valence-corrected chi connectivity index (χ3v) is 2.76. The summed E-state index contributed by atoms with van der Waals surface area (Å²) in [7, 11) is 0. The number of nitrogens with one attached hydrogen (secondary N) is 1. The maximum atomic E-state index is 13.4. The second-order valence-corrected chi connectivity index (χ2v) is 5.25. The van der Waals surface area contributed by atoms with Crippen molar-refractivity contribution in [1.82, 2.24) is 5.32 Å². The Labute approximate surface area is 105 Å². The Hall–Kier alpha value is -1.49. The molecule has 0 radical (unpaired) electrons. The fourth-order valence-electron chi connectivity index (χ4n) is 1.54. The maximum Gasteiger partial charge on any atom is 0.254 e. The highest BCUT2D eigenvalue weighted by molar-refractivity contribution is 5.94. The fourth-order valence-corrected chi connectivity index (χ4v) is 1.54. The quantitative estimate of drug-likeness (QED) is 0.869. The lowest BCUT2D eigenvalue weighted by Gasteiger charge is -2.30. The highest BCUT2D eigenvalue weighted by Gasteiger charge is 2.26. The molecule has 0 aromatic heterocycles. The lowest BCUT2D eigenvalue weighted by molar-refractivity contribution is 0.0901. The first-order valence-electron chi connectivity index (χ1n) is 5.71. The molecule has 0 aliphatic heterocycles. The lowest BCUT2D eigenvalue weighted by atomic mass is 9.86. The Kier molecular flexibility index (Phi) is 4.40. The molecule has 3 N–H and O–H groups in total. The highest BCUT2D eigenvalue weighted by Crippen LogP contribution is 2.19. The zero-order chi connectivity index (χ0) is 13.9. The van der Waals surface area contributed by atoms with Crippen LogP contribution < -0.4 is 11.1 Å². The lowest BCUT2D eigenvalue weighted by Crippen LogP contribution is -2.48. The summed E-state index contributed by atoms with van der Waals surface area (Å²) in [5.41, 5.74) is 5.16. The molecule has 0 spiro atoms. The van der Waals surface area contributed by atoms with Crippen LogP contribution in [0.15, 0.2) is 18.2 Å². The molecule has 18 heavy (non-hydrogen) atoms. The van der Waals surface area contributed by atoms with Crippen LogP contribution in [-0.2, 0) is 0 Å². The first-order valence-corrected chi connectivity index (χ1v) is 5.71. The predicted molar refractivity (Wildman–Crippen MR) is 66.1 cm³/mol. The number of carbonyl (C=O) groups is 1. The van der Waals surface area contributed by atoms with Gasteiger partial charge in [-0.15, -0.1) is 0 Å². The standard InChI is InChI=1S/C13H18F2N2O/c1-13(2,3)11(7-16)17-12(18)9-5-4-8(14)6-10(9)15/h4-6,11H,7,16H2,1-3H3,(H,17,18). The molecule has 5 heteroatoms. The summed E-state index contributed by atoms with van der Waals surface area (Å²) in [4.78, 5) is 11.9. The van der Waals surface area contributed by atoms with Gasteiger partial charge in [-0.2, -0.15) is 0 Å². The van der Waals surface area contributed by atoms with Gasteiger partial charge in [0.15, 0.2) is 0 Å². The molecule has 1 aromatic carbocycles. The van der Waals surface area contributed by atoms with Crippen LogP contribution in [0.1, 0.15) is 31.1 Å². The minimum atomic E-state index is -0.878. The Morgan fingerprint density at radius 1 is 1.39 bits per heavy atom. The molecule has 1 amide bonds. The van der Waals surface area contributed by atoms with Gasteiger partial charge in [0.2, 0.25) is 0 Å². The molecule has 3 nitrogen and oxygen atoms in total. The minimum Gasteiger partial charge on any atom is -0.347 e. The average molecular weight is 256 g/mol. The number of amides is 1. The van der Waals surface area contributed by atoms with Crippen molar-refractivity contribution in [3.05, 3.63) is 35.4 Å². The number of hydrogen-bond donors (Lipinski definition) is 2. The SMILES string of the molecule is CC(C)(C)C(CN)NC(=O)c1ccc(F)cc1F. The van der Waals surface area contributed by atoms with Gasteiger partial charge in [0.1, 0.15) is 11.6 Å². The van der Waals surface area contributed by atoms with Gasteiger partial charge in [0.05, 0.1) is 5.56 Å². The van der Waals surface area contributed by atoms with E-state index in [1.165, 1.54) is 0 Å². The number of halogens is 2. The van der Waals surface area contributed by atoms with E-state index in [0.29, 0.717) is 6.07 Å². The molecule has 0 fully saturated rings. The largest absolute Gasteiger partial charge is 0.347 e. The van der Waals surface area contributed by atoms with Crippen LogP contribution in [0.4, 0.5) is 8.78 Å². The summed E-state index contributed by atoms with van der Waals surface area (Å²) in [5, 5.41) is 2.66. The molecule has 100 valence electrons. The van der Waals surface area contributed by atoms with Crippen LogP contribution in [0.3, 0.4) is 0 Å². The molecule has 0 aliphatic carbocycles.